The summed E-state index contributed by atoms with van der Waals surface area (Å²) < 4.78 is 0. The Morgan fingerprint density at radius 1 is 0.485 bits per heavy atom. The van der Waals surface area contributed by atoms with E-state index in [1.807, 2.05) is 0 Å². The number of aliphatic hydroxyl groups is 1. The summed E-state index contributed by atoms with van der Waals surface area (Å²) in [6, 6.07) is 0. The van der Waals surface area contributed by atoms with E-state index in [4.69, 9.17) is 5.11 Å². The molecule has 0 spiro atoms. The minimum Gasteiger partial charge on any atom is -0.481 e. The van der Waals surface area contributed by atoms with Gasteiger partial charge in [-0.2, -0.15) is 0 Å². The number of aliphatic hydroxyl groups excluding tert-OH is 1. The first-order valence-corrected chi connectivity index (χ1v) is 15.1. The lowest BCUT2D eigenvalue weighted by Gasteiger charge is -2.12. The van der Waals surface area contributed by atoms with Gasteiger partial charge in [-0.3, -0.25) is 4.79 Å². The van der Waals surface area contributed by atoms with Crippen LogP contribution in [0, 0.1) is 5.92 Å². The Labute approximate surface area is 207 Å². The van der Waals surface area contributed by atoms with Crippen molar-refractivity contribution in [2.45, 2.75) is 174 Å². The van der Waals surface area contributed by atoms with E-state index >= 15 is 0 Å². The number of unbranched alkanes of at least 4 members (excludes halogenated alkanes) is 22. The number of carboxylic acid groups (broad SMARTS) is 1. The zero-order valence-corrected chi connectivity index (χ0v) is 22.5. The summed E-state index contributed by atoms with van der Waals surface area (Å²) in [5, 5.41) is 18.3. The monoisotopic (exact) mass is 468 g/mol. The van der Waals surface area contributed by atoms with E-state index in [0.717, 1.165) is 32.1 Å². The zero-order chi connectivity index (χ0) is 24.2. The third-order valence-corrected chi connectivity index (χ3v) is 7.22. The molecule has 0 saturated carbocycles. The molecule has 3 heteroatoms. The van der Waals surface area contributed by atoms with Crippen LogP contribution in [0.1, 0.15) is 174 Å². The smallest absolute Gasteiger partial charge is 0.306 e. The Hall–Kier alpha value is -0.570. The summed E-state index contributed by atoms with van der Waals surface area (Å²) in [5.74, 6) is -0.679. The van der Waals surface area contributed by atoms with Crippen LogP contribution in [0.3, 0.4) is 0 Å². The summed E-state index contributed by atoms with van der Waals surface area (Å²) in [4.78, 5) is 11.6. The molecule has 0 aromatic heterocycles. The van der Waals surface area contributed by atoms with Gasteiger partial charge in [-0.1, -0.05) is 155 Å². The van der Waals surface area contributed by atoms with Crippen LogP contribution in [0.2, 0.25) is 0 Å². The van der Waals surface area contributed by atoms with Crippen molar-refractivity contribution in [3.63, 3.8) is 0 Å². The van der Waals surface area contributed by atoms with Crippen molar-refractivity contribution in [1.29, 1.82) is 0 Å². The number of rotatable bonds is 28. The summed E-state index contributed by atoms with van der Waals surface area (Å²) >= 11 is 0. The molecule has 0 rings (SSSR count). The lowest BCUT2D eigenvalue weighted by atomic mass is 9.94. The molecule has 0 radical (unpaired) electrons. The molecule has 0 aromatic rings. The Morgan fingerprint density at radius 2 is 0.758 bits per heavy atom. The van der Waals surface area contributed by atoms with Crippen molar-refractivity contribution in [3.8, 4) is 0 Å². The fraction of sp³-hybridized carbons (Fsp3) is 0.967. The fourth-order valence-electron chi connectivity index (χ4n) is 4.89. The van der Waals surface area contributed by atoms with E-state index in [-0.39, 0.29) is 5.92 Å². The Balaban J connectivity index is 3.39. The number of carbonyl (C=O) groups is 1. The van der Waals surface area contributed by atoms with Gasteiger partial charge in [0.2, 0.25) is 0 Å². The summed E-state index contributed by atoms with van der Waals surface area (Å²) in [6.45, 7) is 2.61. The summed E-state index contributed by atoms with van der Waals surface area (Å²) in [7, 11) is 0. The van der Waals surface area contributed by atoms with Gasteiger partial charge in [0.1, 0.15) is 0 Å². The van der Waals surface area contributed by atoms with Gasteiger partial charge in [0.15, 0.2) is 0 Å². The minimum atomic E-state index is -0.570. The van der Waals surface area contributed by atoms with Crippen molar-refractivity contribution in [3.05, 3.63) is 0 Å². The number of hydrogen-bond acceptors (Lipinski definition) is 2. The Bertz CT molecular complexity index is 383. The molecule has 0 bridgehead atoms. The van der Waals surface area contributed by atoms with E-state index in [1.54, 1.807) is 0 Å². The maximum atomic E-state index is 11.6. The lowest BCUT2D eigenvalue weighted by Crippen LogP contribution is -2.13. The highest BCUT2D eigenvalue weighted by Crippen LogP contribution is 2.20. The second-order valence-electron chi connectivity index (χ2n) is 10.5. The molecule has 0 aromatic carbocycles. The van der Waals surface area contributed by atoms with Crippen molar-refractivity contribution >= 4 is 5.97 Å². The van der Waals surface area contributed by atoms with Crippen LogP contribution in [0.15, 0.2) is 0 Å². The molecule has 0 fully saturated rings. The van der Waals surface area contributed by atoms with Crippen LogP contribution < -0.4 is 0 Å². The molecule has 0 saturated heterocycles. The van der Waals surface area contributed by atoms with Crippen LogP contribution in [0.4, 0.5) is 0 Å². The normalized spacial score (nSPS) is 12.3. The second-order valence-corrected chi connectivity index (χ2v) is 10.5. The van der Waals surface area contributed by atoms with Crippen molar-refractivity contribution < 1.29 is 15.0 Å². The lowest BCUT2D eigenvalue weighted by molar-refractivity contribution is -0.142. The van der Waals surface area contributed by atoms with Crippen molar-refractivity contribution in [2.24, 2.45) is 5.92 Å². The molecule has 0 heterocycles. The average Bonchev–Trinajstić information content (AvgIpc) is 2.81. The Kier molecular flexibility index (Phi) is 27.2. The first kappa shape index (κ1) is 32.4. The van der Waals surface area contributed by atoms with E-state index in [2.05, 4.69) is 6.92 Å². The first-order chi connectivity index (χ1) is 16.2. The molecular formula is C30H60O3. The van der Waals surface area contributed by atoms with E-state index in [9.17, 15) is 9.90 Å². The van der Waals surface area contributed by atoms with Crippen LogP contribution in [0.25, 0.3) is 0 Å². The van der Waals surface area contributed by atoms with Gasteiger partial charge < -0.3 is 10.2 Å². The third-order valence-electron chi connectivity index (χ3n) is 7.22. The SMILES string of the molecule is CCCCCCCCCCCCC(CCCCCCCCCCCCCCCCO)C(=O)O. The highest BCUT2D eigenvalue weighted by Gasteiger charge is 2.16. The molecule has 0 amide bonds. The minimum absolute atomic E-state index is 0.109. The predicted octanol–water partition coefficient (Wildman–Crippen LogP) is 9.84. The molecule has 0 aliphatic heterocycles. The van der Waals surface area contributed by atoms with Gasteiger partial charge in [0.25, 0.3) is 0 Å². The van der Waals surface area contributed by atoms with E-state index < -0.39 is 5.97 Å². The number of aliphatic carboxylic acids is 1. The molecule has 1 unspecified atom stereocenters. The molecule has 198 valence electrons. The van der Waals surface area contributed by atoms with Gasteiger partial charge in [-0.05, 0) is 19.3 Å². The van der Waals surface area contributed by atoms with Crippen molar-refractivity contribution in [1.82, 2.24) is 0 Å². The standard InChI is InChI=1S/C30H60O3/c1-2-3-4-5-6-7-14-17-20-23-26-29(30(32)33)27-24-21-18-15-12-10-8-9-11-13-16-19-22-25-28-31/h29,31H,2-28H2,1H3,(H,32,33). The largest absolute Gasteiger partial charge is 0.481 e. The quantitative estimate of drug-likeness (QED) is 0.112. The van der Waals surface area contributed by atoms with E-state index in [0.29, 0.717) is 6.61 Å². The fourth-order valence-corrected chi connectivity index (χ4v) is 4.89. The maximum absolute atomic E-state index is 11.6. The van der Waals surface area contributed by atoms with E-state index in [1.165, 1.54) is 135 Å². The average molecular weight is 469 g/mol. The van der Waals surface area contributed by atoms with Crippen molar-refractivity contribution in [2.75, 3.05) is 6.61 Å². The van der Waals surface area contributed by atoms with Gasteiger partial charge in [-0.15, -0.1) is 0 Å². The zero-order valence-electron chi connectivity index (χ0n) is 22.5. The van der Waals surface area contributed by atoms with Gasteiger partial charge in [0, 0.05) is 6.61 Å². The van der Waals surface area contributed by atoms with Gasteiger partial charge >= 0.3 is 5.97 Å². The van der Waals surface area contributed by atoms with Gasteiger partial charge in [0.05, 0.1) is 5.92 Å². The van der Waals surface area contributed by atoms with Crippen LogP contribution in [0.5, 0.6) is 0 Å². The molecule has 0 aliphatic carbocycles. The highest BCUT2D eigenvalue weighted by atomic mass is 16.4. The second kappa shape index (κ2) is 27.7. The maximum Gasteiger partial charge on any atom is 0.306 e. The predicted molar refractivity (Wildman–Crippen MR) is 144 cm³/mol. The number of carboxylic acids is 1. The Morgan fingerprint density at radius 3 is 1.03 bits per heavy atom. The first-order valence-electron chi connectivity index (χ1n) is 15.1. The highest BCUT2D eigenvalue weighted by molar-refractivity contribution is 5.69. The molecule has 2 N–H and O–H groups in total. The molecule has 33 heavy (non-hydrogen) atoms. The van der Waals surface area contributed by atoms with Gasteiger partial charge in [-0.25, -0.2) is 0 Å². The molecule has 3 nitrogen and oxygen atoms in total. The molecule has 1 atom stereocenters. The van der Waals surface area contributed by atoms with Crippen LogP contribution in [-0.4, -0.2) is 22.8 Å². The topological polar surface area (TPSA) is 57.5 Å². The molecule has 0 aliphatic rings. The third kappa shape index (κ3) is 25.9. The summed E-state index contributed by atoms with van der Waals surface area (Å²) in [5.41, 5.74) is 0. The number of hydrogen-bond donors (Lipinski definition) is 2. The summed E-state index contributed by atoms with van der Waals surface area (Å²) in [6.07, 6.45) is 32.7. The van der Waals surface area contributed by atoms with Crippen LogP contribution in [-0.2, 0) is 4.79 Å². The van der Waals surface area contributed by atoms with Crippen LogP contribution >= 0.6 is 0 Å². The molecular weight excluding hydrogens is 408 g/mol.